The van der Waals surface area contributed by atoms with Gasteiger partial charge in [-0.25, -0.2) is 0 Å². The standard InChI is InChI=1S/C12H15N/c1-13-10-6-5-9-12(13)11-7-3-2-4-8-11/h2-8,12H,9-10H2,1H3. The van der Waals surface area contributed by atoms with Crippen molar-refractivity contribution in [2.24, 2.45) is 0 Å². The van der Waals surface area contributed by atoms with Crippen LogP contribution in [0.1, 0.15) is 18.0 Å². The zero-order valence-electron chi connectivity index (χ0n) is 7.98. The third kappa shape index (κ3) is 1.81. The highest BCUT2D eigenvalue weighted by molar-refractivity contribution is 5.21. The molecule has 1 aliphatic heterocycles. The van der Waals surface area contributed by atoms with Crippen LogP contribution in [-0.2, 0) is 0 Å². The molecule has 0 N–H and O–H groups in total. The van der Waals surface area contributed by atoms with Gasteiger partial charge < -0.3 is 0 Å². The molecule has 0 aromatic heterocycles. The van der Waals surface area contributed by atoms with Gasteiger partial charge in [0.15, 0.2) is 0 Å². The van der Waals surface area contributed by atoms with Gasteiger partial charge in [0.2, 0.25) is 0 Å². The Morgan fingerprint density at radius 1 is 1.15 bits per heavy atom. The summed E-state index contributed by atoms with van der Waals surface area (Å²) in [4.78, 5) is 2.38. The smallest absolute Gasteiger partial charge is 0.0382 e. The minimum absolute atomic E-state index is 0.575. The van der Waals surface area contributed by atoms with Crippen LogP contribution in [0.4, 0.5) is 0 Å². The number of benzene rings is 1. The molecule has 1 nitrogen and oxygen atoms in total. The monoisotopic (exact) mass is 173 g/mol. The molecule has 1 aromatic carbocycles. The molecule has 1 heteroatoms. The Labute approximate surface area is 79.7 Å². The van der Waals surface area contributed by atoms with Crippen molar-refractivity contribution in [1.82, 2.24) is 4.90 Å². The SMILES string of the molecule is CN1CC=CCC1c1ccccc1. The van der Waals surface area contributed by atoms with Gasteiger partial charge in [0.1, 0.15) is 0 Å². The van der Waals surface area contributed by atoms with Crippen LogP contribution in [0.3, 0.4) is 0 Å². The second kappa shape index (κ2) is 3.75. The molecule has 0 saturated carbocycles. The van der Waals surface area contributed by atoms with Gasteiger partial charge in [-0.3, -0.25) is 4.90 Å². The molecular formula is C12H15N. The predicted molar refractivity (Wildman–Crippen MR) is 55.6 cm³/mol. The van der Waals surface area contributed by atoms with Gasteiger partial charge in [0.25, 0.3) is 0 Å². The average molecular weight is 173 g/mol. The van der Waals surface area contributed by atoms with Gasteiger partial charge in [0.05, 0.1) is 0 Å². The largest absolute Gasteiger partial charge is 0.295 e. The molecule has 0 fully saturated rings. The summed E-state index contributed by atoms with van der Waals surface area (Å²) in [6, 6.07) is 11.3. The number of hydrogen-bond acceptors (Lipinski definition) is 1. The maximum absolute atomic E-state index is 2.38. The lowest BCUT2D eigenvalue weighted by Crippen LogP contribution is -2.26. The van der Waals surface area contributed by atoms with Crippen molar-refractivity contribution in [3.63, 3.8) is 0 Å². The van der Waals surface area contributed by atoms with Gasteiger partial charge in [-0.2, -0.15) is 0 Å². The third-order valence-corrected chi connectivity index (χ3v) is 2.64. The molecule has 1 atom stereocenters. The third-order valence-electron chi connectivity index (χ3n) is 2.64. The van der Waals surface area contributed by atoms with Crippen molar-refractivity contribution in [3.8, 4) is 0 Å². The first kappa shape index (κ1) is 8.52. The number of nitrogens with zero attached hydrogens (tertiary/aromatic N) is 1. The first-order chi connectivity index (χ1) is 6.38. The Kier molecular flexibility index (Phi) is 2.46. The normalized spacial score (nSPS) is 23.3. The Balaban J connectivity index is 2.21. The van der Waals surface area contributed by atoms with E-state index in [0.717, 1.165) is 13.0 Å². The average Bonchev–Trinajstić information content (AvgIpc) is 2.20. The summed E-state index contributed by atoms with van der Waals surface area (Å²) in [6.45, 7) is 1.07. The molecule has 68 valence electrons. The first-order valence-corrected chi connectivity index (χ1v) is 4.78. The lowest BCUT2D eigenvalue weighted by molar-refractivity contribution is 0.261. The molecule has 1 unspecified atom stereocenters. The highest BCUT2D eigenvalue weighted by Gasteiger charge is 2.16. The fourth-order valence-electron chi connectivity index (χ4n) is 1.84. The van der Waals surface area contributed by atoms with Gasteiger partial charge in [-0.1, -0.05) is 42.5 Å². The summed E-state index contributed by atoms with van der Waals surface area (Å²) in [5.41, 5.74) is 1.43. The fourth-order valence-corrected chi connectivity index (χ4v) is 1.84. The molecule has 1 heterocycles. The highest BCUT2D eigenvalue weighted by Crippen LogP contribution is 2.25. The van der Waals surface area contributed by atoms with E-state index < -0.39 is 0 Å². The van der Waals surface area contributed by atoms with E-state index in [-0.39, 0.29) is 0 Å². The Morgan fingerprint density at radius 2 is 1.92 bits per heavy atom. The van der Waals surface area contributed by atoms with Crippen LogP contribution >= 0.6 is 0 Å². The Bertz CT molecular complexity index is 289. The highest BCUT2D eigenvalue weighted by atomic mass is 15.1. The lowest BCUT2D eigenvalue weighted by atomic mass is 10.00. The summed E-state index contributed by atoms with van der Waals surface area (Å²) in [5, 5.41) is 0. The molecule has 2 rings (SSSR count). The van der Waals surface area contributed by atoms with Crippen molar-refractivity contribution in [3.05, 3.63) is 48.0 Å². The Hall–Kier alpha value is -1.08. The number of rotatable bonds is 1. The molecular weight excluding hydrogens is 158 g/mol. The lowest BCUT2D eigenvalue weighted by Gasteiger charge is -2.29. The zero-order valence-corrected chi connectivity index (χ0v) is 7.98. The van der Waals surface area contributed by atoms with E-state index in [0.29, 0.717) is 6.04 Å². The zero-order chi connectivity index (χ0) is 9.10. The molecule has 1 aromatic rings. The van der Waals surface area contributed by atoms with Crippen molar-refractivity contribution in [2.45, 2.75) is 12.5 Å². The van der Waals surface area contributed by atoms with E-state index in [1.807, 2.05) is 0 Å². The van der Waals surface area contributed by atoms with Crippen LogP contribution < -0.4 is 0 Å². The van der Waals surface area contributed by atoms with Crippen LogP contribution in [-0.4, -0.2) is 18.5 Å². The number of likely N-dealkylation sites (N-methyl/N-ethyl adjacent to an activating group) is 1. The Morgan fingerprint density at radius 3 is 2.62 bits per heavy atom. The topological polar surface area (TPSA) is 3.24 Å². The molecule has 0 spiro atoms. The van der Waals surface area contributed by atoms with Crippen LogP contribution in [0.5, 0.6) is 0 Å². The van der Waals surface area contributed by atoms with Gasteiger partial charge in [-0.15, -0.1) is 0 Å². The quantitative estimate of drug-likeness (QED) is 0.590. The molecule has 1 aliphatic rings. The predicted octanol–water partition coefficient (Wildman–Crippen LogP) is 2.62. The van der Waals surface area contributed by atoms with E-state index in [2.05, 4.69) is 54.4 Å². The fraction of sp³-hybridized carbons (Fsp3) is 0.333. The van der Waals surface area contributed by atoms with Crippen molar-refractivity contribution in [2.75, 3.05) is 13.6 Å². The van der Waals surface area contributed by atoms with Gasteiger partial charge >= 0.3 is 0 Å². The second-order valence-electron chi connectivity index (χ2n) is 3.57. The van der Waals surface area contributed by atoms with E-state index >= 15 is 0 Å². The summed E-state index contributed by atoms with van der Waals surface area (Å²) in [6.07, 6.45) is 5.65. The minimum atomic E-state index is 0.575. The molecule has 0 aliphatic carbocycles. The van der Waals surface area contributed by atoms with Crippen molar-refractivity contribution >= 4 is 0 Å². The van der Waals surface area contributed by atoms with E-state index in [1.54, 1.807) is 0 Å². The summed E-state index contributed by atoms with van der Waals surface area (Å²) in [5.74, 6) is 0. The molecule has 0 bridgehead atoms. The second-order valence-corrected chi connectivity index (χ2v) is 3.57. The van der Waals surface area contributed by atoms with Gasteiger partial charge in [-0.05, 0) is 19.0 Å². The van der Waals surface area contributed by atoms with Gasteiger partial charge in [0, 0.05) is 12.6 Å². The summed E-state index contributed by atoms with van der Waals surface area (Å²) >= 11 is 0. The maximum Gasteiger partial charge on any atom is 0.0382 e. The molecule has 0 radical (unpaired) electrons. The number of hydrogen-bond donors (Lipinski definition) is 0. The maximum atomic E-state index is 2.38. The van der Waals surface area contributed by atoms with Crippen molar-refractivity contribution < 1.29 is 0 Å². The van der Waals surface area contributed by atoms with Crippen LogP contribution in [0, 0.1) is 0 Å². The van der Waals surface area contributed by atoms with E-state index in [9.17, 15) is 0 Å². The van der Waals surface area contributed by atoms with E-state index in [1.165, 1.54) is 5.56 Å². The summed E-state index contributed by atoms with van der Waals surface area (Å²) in [7, 11) is 2.18. The van der Waals surface area contributed by atoms with Crippen LogP contribution in [0.25, 0.3) is 0 Å². The first-order valence-electron chi connectivity index (χ1n) is 4.78. The molecule has 0 amide bonds. The van der Waals surface area contributed by atoms with Crippen LogP contribution in [0.15, 0.2) is 42.5 Å². The minimum Gasteiger partial charge on any atom is -0.295 e. The van der Waals surface area contributed by atoms with E-state index in [4.69, 9.17) is 0 Å². The summed E-state index contributed by atoms with van der Waals surface area (Å²) < 4.78 is 0. The molecule has 0 saturated heterocycles. The molecule has 13 heavy (non-hydrogen) atoms. The van der Waals surface area contributed by atoms with Crippen LogP contribution in [0.2, 0.25) is 0 Å². The van der Waals surface area contributed by atoms with Crippen molar-refractivity contribution in [1.29, 1.82) is 0 Å².